The molecule has 0 spiro atoms. The standard InChI is InChI=1S/C13H18N4O3S/c1-3-14-8-11-4-6-12(7-5-11)21(18,19)15-9-13-16-10(2)20-17-13/h4-7,14-15H,3,8-9H2,1-2H3. The van der Waals surface area contributed by atoms with Gasteiger partial charge in [0.2, 0.25) is 15.9 Å². The Labute approximate surface area is 123 Å². The van der Waals surface area contributed by atoms with Gasteiger partial charge < -0.3 is 9.84 Å². The van der Waals surface area contributed by atoms with Gasteiger partial charge in [-0.25, -0.2) is 13.1 Å². The molecule has 1 heterocycles. The Morgan fingerprint density at radius 2 is 1.90 bits per heavy atom. The Balaban J connectivity index is 2.01. The second kappa shape index (κ2) is 6.79. The second-order valence-corrected chi connectivity index (χ2v) is 6.25. The van der Waals surface area contributed by atoms with Gasteiger partial charge in [-0.3, -0.25) is 0 Å². The number of nitrogens with zero attached hydrogens (tertiary/aromatic N) is 2. The van der Waals surface area contributed by atoms with Crippen molar-refractivity contribution < 1.29 is 12.9 Å². The number of aryl methyl sites for hydroxylation is 1. The summed E-state index contributed by atoms with van der Waals surface area (Å²) >= 11 is 0. The van der Waals surface area contributed by atoms with Gasteiger partial charge in [0.05, 0.1) is 11.4 Å². The molecule has 0 aliphatic heterocycles. The molecule has 7 nitrogen and oxygen atoms in total. The minimum absolute atomic E-state index is 0.00118. The van der Waals surface area contributed by atoms with E-state index >= 15 is 0 Å². The molecule has 0 bridgehead atoms. The monoisotopic (exact) mass is 310 g/mol. The molecule has 1 aromatic carbocycles. The van der Waals surface area contributed by atoms with Crippen molar-refractivity contribution in [2.75, 3.05) is 6.54 Å². The van der Waals surface area contributed by atoms with Crippen molar-refractivity contribution >= 4 is 10.0 Å². The van der Waals surface area contributed by atoms with Crippen LogP contribution in [0.3, 0.4) is 0 Å². The molecule has 0 fully saturated rings. The lowest BCUT2D eigenvalue weighted by Gasteiger charge is -2.06. The van der Waals surface area contributed by atoms with Gasteiger partial charge in [0.25, 0.3) is 0 Å². The molecule has 0 amide bonds. The van der Waals surface area contributed by atoms with Gasteiger partial charge >= 0.3 is 0 Å². The first-order chi connectivity index (χ1) is 10.0. The summed E-state index contributed by atoms with van der Waals surface area (Å²) < 4.78 is 31.5. The Hall–Kier alpha value is -1.77. The largest absolute Gasteiger partial charge is 0.340 e. The van der Waals surface area contributed by atoms with Crippen molar-refractivity contribution in [3.63, 3.8) is 0 Å². The first kappa shape index (κ1) is 15.6. The first-order valence-electron chi connectivity index (χ1n) is 6.60. The lowest BCUT2D eigenvalue weighted by molar-refractivity contribution is 0.387. The van der Waals surface area contributed by atoms with Gasteiger partial charge in [-0.15, -0.1) is 0 Å². The number of hydrogen-bond donors (Lipinski definition) is 2. The van der Waals surface area contributed by atoms with Gasteiger partial charge in [0, 0.05) is 13.5 Å². The predicted molar refractivity (Wildman–Crippen MR) is 76.9 cm³/mol. The van der Waals surface area contributed by atoms with Gasteiger partial charge in [0.1, 0.15) is 0 Å². The summed E-state index contributed by atoms with van der Waals surface area (Å²) in [5, 5.41) is 6.82. The summed E-state index contributed by atoms with van der Waals surface area (Å²) in [6.45, 7) is 5.24. The molecule has 0 unspecified atom stereocenters. The van der Waals surface area contributed by atoms with Crippen LogP contribution in [0.25, 0.3) is 0 Å². The summed E-state index contributed by atoms with van der Waals surface area (Å²) in [5.74, 6) is 0.705. The van der Waals surface area contributed by atoms with E-state index in [4.69, 9.17) is 4.52 Å². The zero-order chi connectivity index (χ0) is 15.3. The van der Waals surface area contributed by atoms with Crippen molar-refractivity contribution in [1.82, 2.24) is 20.2 Å². The van der Waals surface area contributed by atoms with E-state index in [2.05, 4.69) is 20.2 Å². The molecule has 21 heavy (non-hydrogen) atoms. The number of hydrogen-bond acceptors (Lipinski definition) is 6. The van der Waals surface area contributed by atoms with Crippen LogP contribution in [-0.4, -0.2) is 25.1 Å². The van der Waals surface area contributed by atoms with Crippen LogP contribution in [0.15, 0.2) is 33.7 Å². The molecule has 0 aliphatic carbocycles. The van der Waals surface area contributed by atoms with Gasteiger partial charge in [-0.1, -0.05) is 24.2 Å². The second-order valence-electron chi connectivity index (χ2n) is 4.48. The average Bonchev–Trinajstić information content (AvgIpc) is 2.89. The van der Waals surface area contributed by atoms with Gasteiger partial charge in [-0.05, 0) is 24.2 Å². The highest BCUT2D eigenvalue weighted by molar-refractivity contribution is 7.89. The average molecular weight is 310 g/mol. The van der Waals surface area contributed by atoms with Crippen LogP contribution >= 0.6 is 0 Å². The van der Waals surface area contributed by atoms with Crippen LogP contribution in [0.5, 0.6) is 0 Å². The summed E-state index contributed by atoms with van der Waals surface area (Å²) in [4.78, 5) is 4.15. The summed E-state index contributed by atoms with van der Waals surface area (Å²) in [6.07, 6.45) is 0. The van der Waals surface area contributed by atoms with Crippen molar-refractivity contribution in [3.8, 4) is 0 Å². The van der Waals surface area contributed by atoms with Crippen LogP contribution in [0.1, 0.15) is 24.2 Å². The molecule has 0 atom stereocenters. The molecule has 0 saturated heterocycles. The van der Waals surface area contributed by atoms with E-state index in [0.717, 1.165) is 12.1 Å². The maximum Gasteiger partial charge on any atom is 0.240 e. The fourth-order valence-corrected chi connectivity index (χ4v) is 2.69. The molecule has 2 rings (SSSR count). The molecule has 8 heteroatoms. The zero-order valence-corrected chi connectivity index (χ0v) is 12.8. The summed E-state index contributed by atoms with van der Waals surface area (Å²) in [6, 6.07) is 6.73. The van der Waals surface area contributed by atoms with E-state index in [1.807, 2.05) is 6.92 Å². The smallest absolute Gasteiger partial charge is 0.240 e. The molecule has 1 aromatic heterocycles. The minimum Gasteiger partial charge on any atom is -0.340 e. The molecule has 114 valence electrons. The number of aromatic nitrogens is 2. The lowest BCUT2D eigenvalue weighted by Crippen LogP contribution is -2.24. The third-order valence-corrected chi connectivity index (χ3v) is 4.22. The SMILES string of the molecule is CCNCc1ccc(S(=O)(=O)NCc2noc(C)n2)cc1. The summed E-state index contributed by atoms with van der Waals surface area (Å²) in [5.41, 5.74) is 1.03. The van der Waals surface area contributed by atoms with E-state index in [-0.39, 0.29) is 11.4 Å². The van der Waals surface area contributed by atoms with Crippen molar-refractivity contribution in [3.05, 3.63) is 41.5 Å². The maximum atomic E-state index is 12.1. The highest BCUT2D eigenvalue weighted by Crippen LogP contribution is 2.11. The Kier molecular flexibility index (Phi) is 5.05. The minimum atomic E-state index is -3.58. The van der Waals surface area contributed by atoms with Crippen LogP contribution in [0.4, 0.5) is 0 Å². The van der Waals surface area contributed by atoms with Crippen LogP contribution in [-0.2, 0) is 23.1 Å². The van der Waals surface area contributed by atoms with Crippen molar-refractivity contribution in [2.24, 2.45) is 0 Å². The predicted octanol–water partition coefficient (Wildman–Crippen LogP) is 0.966. The molecular formula is C13H18N4O3S. The van der Waals surface area contributed by atoms with Crippen LogP contribution < -0.4 is 10.0 Å². The third kappa shape index (κ3) is 4.35. The first-order valence-corrected chi connectivity index (χ1v) is 8.08. The van der Waals surface area contributed by atoms with E-state index in [1.165, 1.54) is 0 Å². The van der Waals surface area contributed by atoms with Crippen molar-refractivity contribution in [2.45, 2.75) is 31.8 Å². The van der Waals surface area contributed by atoms with Crippen LogP contribution in [0.2, 0.25) is 0 Å². The van der Waals surface area contributed by atoms with Gasteiger partial charge in [0.15, 0.2) is 5.82 Å². The Morgan fingerprint density at radius 1 is 1.19 bits per heavy atom. The van der Waals surface area contributed by atoms with E-state index in [0.29, 0.717) is 18.3 Å². The van der Waals surface area contributed by atoms with Crippen LogP contribution in [0, 0.1) is 6.92 Å². The topological polar surface area (TPSA) is 97.1 Å². The zero-order valence-electron chi connectivity index (χ0n) is 12.0. The van der Waals surface area contributed by atoms with E-state index in [1.54, 1.807) is 31.2 Å². The number of sulfonamides is 1. The molecule has 0 radical (unpaired) electrons. The molecule has 2 N–H and O–H groups in total. The van der Waals surface area contributed by atoms with E-state index < -0.39 is 10.0 Å². The quantitative estimate of drug-likeness (QED) is 0.791. The van der Waals surface area contributed by atoms with E-state index in [9.17, 15) is 8.42 Å². The number of benzene rings is 1. The molecule has 2 aromatic rings. The third-order valence-electron chi connectivity index (χ3n) is 2.80. The Morgan fingerprint density at radius 3 is 2.48 bits per heavy atom. The summed E-state index contributed by atoms with van der Waals surface area (Å²) in [7, 11) is -3.58. The number of nitrogens with one attached hydrogen (secondary N) is 2. The highest BCUT2D eigenvalue weighted by Gasteiger charge is 2.15. The van der Waals surface area contributed by atoms with Gasteiger partial charge in [-0.2, -0.15) is 4.98 Å². The fraction of sp³-hybridized carbons (Fsp3) is 0.385. The molecule has 0 saturated carbocycles. The fourth-order valence-electron chi connectivity index (χ4n) is 1.71. The Bertz CT molecular complexity index is 680. The highest BCUT2D eigenvalue weighted by atomic mass is 32.2. The maximum absolute atomic E-state index is 12.1. The van der Waals surface area contributed by atoms with Crippen molar-refractivity contribution in [1.29, 1.82) is 0 Å². The molecular weight excluding hydrogens is 292 g/mol. The molecule has 0 aliphatic rings. The normalized spacial score (nSPS) is 11.7. The lowest BCUT2D eigenvalue weighted by atomic mass is 10.2. The number of rotatable bonds is 7.